The van der Waals surface area contributed by atoms with Crippen molar-refractivity contribution in [2.24, 2.45) is 0 Å². The molecule has 22 heavy (non-hydrogen) atoms. The summed E-state index contributed by atoms with van der Waals surface area (Å²) >= 11 is 4.90. The van der Waals surface area contributed by atoms with Crippen LogP contribution in [0.5, 0.6) is 5.75 Å². The fourth-order valence-electron chi connectivity index (χ4n) is 1.71. The average molecular weight is 330 g/mol. The van der Waals surface area contributed by atoms with Gasteiger partial charge in [0.15, 0.2) is 16.7 Å². The monoisotopic (exact) mass is 330 g/mol. The van der Waals surface area contributed by atoms with E-state index in [-0.39, 0.29) is 16.5 Å². The molecular weight excluding hydrogens is 320 g/mol. The number of anilines is 2. The first-order valence-electron chi connectivity index (χ1n) is 6.00. The van der Waals surface area contributed by atoms with Gasteiger partial charge in [-0.3, -0.25) is 0 Å². The van der Waals surface area contributed by atoms with E-state index in [1.165, 1.54) is 24.3 Å². The number of phenols is 1. The highest BCUT2D eigenvalue weighted by Gasteiger charge is 2.33. The molecule has 0 saturated heterocycles. The number of para-hydroxylation sites is 1. The van der Waals surface area contributed by atoms with Gasteiger partial charge in [0, 0.05) is 11.8 Å². The maximum atomic E-state index is 13.2. The Morgan fingerprint density at radius 3 is 2.36 bits per heavy atom. The Morgan fingerprint density at radius 1 is 1.05 bits per heavy atom. The predicted molar refractivity (Wildman–Crippen MR) is 79.4 cm³/mol. The summed E-state index contributed by atoms with van der Waals surface area (Å²) in [6.07, 6.45) is -4.52. The van der Waals surface area contributed by atoms with Crippen molar-refractivity contribution in [1.29, 1.82) is 0 Å². The largest absolute Gasteiger partial charge is 0.505 e. The minimum Gasteiger partial charge on any atom is -0.505 e. The molecule has 0 spiro atoms. The number of hydrogen-bond donors (Lipinski definition) is 3. The molecule has 0 aromatic heterocycles. The summed E-state index contributed by atoms with van der Waals surface area (Å²) in [5.41, 5.74) is -0.889. The number of halogens is 4. The molecule has 0 radical (unpaired) electrons. The molecule has 8 heteroatoms. The molecule has 0 unspecified atom stereocenters. The Labute approximate surface area is 128 Å². The van der Waals surface area contributed by atoms with E-state index in [0.717, 1.165) is 18.2 Å². The van der Waals surface area contributed by atoms with Crippen LogP contribution >= 0.6 is 12.2 Å². The number of aromatic hydroxyl groups is 1. The van der Waals surface area contributed by atoms with E-state index in [4.69, 9.17) is 17.3 Å². The van der Waals surface area contributed by atoms with E-state index in [1.807, 2.05) is 0 Å². The first-order chi connectivity index (χ1) is 10.3. The Kier molecular flexibility index (Phi) is 4.51. The van der Waals surface area contributed by atoms with Gasteiger partial charge in [-0.25, -0.2) is 4.39 Å². The van der Waals surface area contributed by atoms with Gasteiger partial charge in [-0.05, 0) is 36.5 Å². The van der Waals surface area contributed by atoms with Crippen molar-refractivity contribution >= 4 is 28.7 Å². The highest BCUT2D eigenvalue weighted by atomic mass is 32.1. The maximum Gasteiger partial charge on any atom is 0.418 e. The fourth-order valence-corrected chi connectivity index (χ4v) is 1.94. The molecule has 0 saturated carbocycles. The number of benzene rings is 2. The lowest BCUT2D eigenvalue weighted by Crippen LogP contribution is -2.21. The average Bonchev–Trinajstić information content (AvgIpc) is 2.42. The van der Waals surface area contributed by atoms with Gasteiger partial charge in [-0.2, -0.15) is 13.2 Å². The third kappa shape index (κ3) is 3.85. The summed E-state index contributed by atoms with van der Waals surface area (Å²) in [5.74, 6) is -1.41. The Bertz CT molecular complexity index is 703. The Balaban J connectivity index is 2.14. The lowest BCUT2D eigenvalue weighted by Gasteiger charge is -2.15. The lowest BCUT2D eigenvalue weighted by atomic mass is 10.1. The molecule has 0 fully saturated rings. The van der Waals surface area contributed by atoms with Crippen molar-refractivity contribution in [3.05, 3.63) is 53.8 Å². The maximum absolute atomic E-state index is 13.2. The fraction of sp³-hybridized carbons (Fsp3) is 0.0714. The quantitative estimate of drug-likeness (QED) is 0.435. The molecule has 0 heterocycles. The molecule has 2 aromatic carbocycles. The molecule has 0 aliphatic heterocycles. The van der Waals surface area contributed by atoms with Gasteiger partial charge in [0.25, 0.3) is 0 Å². The van der Waals surface area contributed by atoms with Gasteiger partial charge >= 0.3 is 6.18 Å². The summed E-state index contributed by atoms with van der Waals surface area (Å²) < 4.78 is 51.7. The minimum atomic E-state index is -4.52. The topological polar surface area (TPSA) is 44.3 Å². The predicted octanol–water partition coefficient (Wildman–Crippen LogP) is 4.36. The normalized spacial score (nSPS) is 11.1. The highest BCUT2D eigenvalue weighted by Crippen LogP contribution is 2.34. The lowest BCUT2D eigenvalue weighted by molar-refractivity contribution is -0.136. The molecule has 2 aromatic rings. The zero-order chi connectivity index (χ0) is 16.3. The van der Waals surface area contributed by atoms with Crippen molar-refractivity contribution in [2.75, 3.05) is 10.6 Å². The number of rotatable bonds is 2. The van der Waals surface area contributed by atoms with Crippen molar-refractivity contribution in [2.45, 2.75) is 6.18 Å². The molecule has 0 atom stereocenters. The second-order valence-electron chi connectivity index (χ2n) is 4.29. The molecule has 116 valence electrons. The minimum absolute atomic E-state index is 0.137. The first-order valence-corrected chi connectivity index (χ1v) is 6.41. The van der Waals surface area contributed by atoms with Crippen LogP contribution in [0.15, 0.2) is 42.5 Å². The van der Waals surface area contributed by atoms with Gasteiger partial charge in [0.05, 0.1) is 11.3 Å². The van der Waals surface area contributed by atoms with Crippen LogP contribution in [0.25, 0.3) is 0 Å². The van der Waals surface area contributed by atoms with Crippen LogP contribution in [0.4, 0.5) is 28.9 Å². The van der Waals surface area contributed by atoms with Crippen LogP contribution in [-0.4, -0.2) is 10.2 Å². The molecule has 0 bridgehead atoms. The van der Waals surface area contributed by atoms with Gasteiger partial charge in [0.2, 0.25) is 0 Å². The molecule has 3 N–H and O–H groups in total. The van der Waals surface area contributed by atoms with Gasteiger partial charge in [-0.1, -0.05) is 12.1 Å². The summed E-state index contributed by atoms with van der Waals surface area (Å²) in [6, 6.07) is 8.25. The second kappa shape index (κ2) is 6.18. The number of hydrogen-bond acceptors (Lipinski definition) is 2. The number of phenolic OH excluding ortho intramolecular Hbond substituents is 1. The van der Waals surface area contributed by atoms with Crippen molar-refractivity contribution in [3.8, 4) is 5.75 Å². The number of thiocarbonyl (C=S) groups is 1. The molecule has 0 aliphatic rings. The van der Waals surface area contributed by atoms with E-state index >= 15 is 0 Å². The van der Waals surface area contributed by atoms with E-state index in [0.29, 0.717) is 0 Å². The summed E-state index contributed by atoms with van der Waals surface area (Å²) in [5, 5.41) is 13.9. The van der Waals surface area contributed by atoms with Crippen LogP contribution in [0.3, 0.4) is 0 Å². The van der Waals surface area contributed by atoms with Crippen molar-refractivity contribution in [3.63, 3.8) is 0 Å². The van der Waals surface area contributed by atoms with Gasteiger partial charge < -0.3 is 15.7 Å². The third-order valence-electron chi connectivity index (χ3n) is 2.69. The summed E-state index contributed by atoms with van der Waals surface area (Å²) in [6.45, 7) is 0. The molecular formula is C14H10F4N2OS. The SMILES string of the molecule is Oc1ccc(NC(=S)Nc2ccccc2C(F)(F)F)cc1F. The van der Waals surface area contributed by atoms with Crippen LogP contribution in [0.2, 0.25) is 0 Å². The van der Waals surface area contributed by atoms with E-state index < -0.39 is 23.3 Å². The highest BCUT2D eigenvalue weighted by molar-refractivity contribution is 7.80. The van der Waals surface area contributed by atoms with Gasteiger partial charge in [-0.15, -0.1) is 0 Å². The standard InChI is InChI=1S/C14H10F4N2OS/c15-10-7-8(5-6-12(10)21)19-13(22)20-11-4-2-1-3-9(11)14(16,17)18/h1-7,21H,(H2,19,20,22). The number of alkyl halides is 3. The Hall–Kier alpha value is -2.35. The summed E-state index contributed by atoms with van der Waals surface area (Å²) in [4.78, 5) is 0. The van der Waals surface area contributed by atoms with Crippen molar-refractivity contribution in [1.82, 2.24) is 0 Å². The van der Waals surface area contributed by atoms with Crippen LogP contribution < -0.4 is 10.6 Å². The van der Waals surface area contributed by atoms with Crippen molar-refractivity contribution < 1.29 is 22.7 Å². The second-order valence-corrected chi connectivity index (χ2v) is 4.70. The Morgan fingerprint density at radius 2 is 1.73 bits per heavy atom. The molecule has 0 amide bonds. The van der Waals surface area contributed by atoms with Gasteiger partial charge in [0.1, 0.15) is 0 Å². The molecule has 2 rings (SSSR count). The van der Waals surface area contributed by atoms with Crippen LogP contribution in [-0.2, 0) is 6.18 Å². The van der Waals surface area contributed by atoms with Crippen LogP contribution in [0.1, 0.15) is 5.56 Å². The first kappa shape index (κ1) is 16.0. The zero-order valence-electron chi connectivity index (χ0n) is 10.9. The zero-order valence-corrected chi connectivity index (χ0v) is 11.7. The number of nitrogens with one attached hydrogen (secondary N) is 2. The molecule has 3 nitrogen and oxygen atoms in total. The van der Waals surface area contributed by atoms with E-state index in [2.05, 4.69) is 10.6 Å². The van der Waals surface area contributed by atoms with E-state index in [9.17, 15) is 17.6 Å². The summed E-state index contributed by atoms with van der Waals surface area (Å²) in [7, 11) is 0. The smallest absolute Gasteiger partial charge is 0.418 e. The molecule has 0 aliphatic carbocycles. The third-order valence-corrected chi connectivity index (χ3v) is 2.89. The van der Waals surface area contributed by atoms with E-state index in [1.54, 1.807) is 0 Å². The van der Waals surface area contributed by atoms with Crippen LogP contribution in [0, 0.1) is 5.82 Å².